The van der Waals surface area contributed by atoms with Crippen molar-refractivity contribution < 1.29 is 9.59 Å². The lowest BCUT2D eigenvalue weighted by Gasteiger charge is -2.17. The molecule has 0 fully saturated rings. The summed E-state index contributed by atoms with van der Waals surface area (Å²) in [5.41, 5.74) is 5.01. The van der Waals surface area contributed by atoms with E-state index in [1.54, 1.807) is 0 Å². The predicted octanol–water partition coefficient (Wildman–Crippen LogP) is 0.414. The second kappa shape index (κ2) is 4.84. The van der Waals surface area contributed by atoms with Crippen LogP contribution in [0.4, 0.5) is 0 Å². The van der Waals surface area contributed by atoms with Crippen molar-refractivity contribution in [3.8, 4) is 0 Å². The Morgan fingerprint density at radius 1 is 1.31 bits per heavy atom. The van der Waals surface area contributed by atoms with Crippen LogP contribution in [0.15, 0.2) is 0 Å². The summed E-state index contributed by atoms with van der Waals surface area (Å²) in [4.78, 5) is 21.0. The molecule has 76 valence electrons. The molecule has 0 aliphatic rings. The van der Waals surface area contributed by atoms with E-state index >= 15 is 0 Å². The lowest BCUT2D eigenvalue weighted by molar-refractivity contribution is -0.137. The summed E-state index contributed by atoms with van der Waals surface area (Å²) in [6.45, 7) is 6.90. The fourth-order valence-corrected chi connectivity index (χ4v) is 0.908. The molecule has 0 atom stereocenters. The average molecular weight is 186 g/mol. The maximum absolute atomic E-state index is 10.7. The summed E-state index contributed by atoms with van der Waals surface area (Å²) < 4.78 is 0. The lowest BCUT2D eigenvalue weighted by Crippen LogP contribution is -2.36. The van der Waals surface area contributed by atoms with Gasteiger partial charge in [-0.2, -0.15) is 0 Å². The van der Waals surface area contributed by atoms with Crippen molar-refractivity contribution >= 4 is 11.8 Å². The van der Waals surface area contributed by atoms with Gasteiger partial charge in [0.05, 0.1) is 0 Å². The highest BCUT2D eigenvalue weighted by atomic mass is 16.2. The minimum Gasteiger partial charge on any atom is -0.361 e. The zero-order valence-electron chi connectivity index (χ0n) is 8.52. The van der Waals surface area contributed by atoms with Crippen LogP contribution in [-0.4, -0.2) is 18.4 Å². The number of carbonyl (C=O) groups is 2. The Bertz CT molecular complexity index is 194. The first-order valence-corrected chi connectivity index (χ1v) is 4.40. The van der Waals surface area contributed by atoms with Gasteiger partial charge in [0.15, 0.2) is 0 Å². The highest BCUT2D eigenvalue weighted by Crippen LogP contribution is 2.19. The molecule has 3 N–H and O–H groups in total. The fourth-order valence-electron chi connectivity index (χ4n) is 0.908. The van der Waals surface area contributed by atoms with Crippen molar-refractivity contribution in [3.05, 3.63) is 0 Å². The normalized spacial score (nSPS) is 11.0. The second-order valence-corrected chi connectivity index (χ2v) is 4.28. The third-order valence-electron chi connectivity index (χ3n) is 1.61. The number of hydrogen-bond acceptors (Lipinski definition) is 2. The van der Waals surface area contributed by atoms with E-state index in [-0.39, 0.29) is 5.41 Å². The van der Waals surface area contributed by atoms with Crippen LogP contribution in [0.1, 0.15) is 33.6 Å². The molecular formula is C9H18N2O2. The largest absolute Gasteiger partial charge is 0.361 e. The van der Waals surface area contributed by atoms with Gasteiger partial charge in [-0.15, -0.1) is 0 Å². The van der Waals surface area contributed by atoms with Crippen molar-refractivity contribution in [2.24, 2.45) is 11.1 Å². The Kier molecular flexibility index (Phi) is 4.45. The van der Waals surface area contributed by atoms with Gasteiger partial charge in [0.2, 0.25) is 0 Å². The van der Waals surface area contributed by atoms with Crippen LogP contribution < -0.4 is 11.1 Å². The molecule has 0 saturated heterocycles. The fraction of sp³-hybridized carbons (Fsp3) is 0.778. The third-order valence-corrected chi connectivity index (χ3v) is 1.61. The van der Waals surface area contributed by atoms with Crippen molar-refractivity contribution in [1.29, 1.82) is 0 Å². The summed E-state index contributed by atoms with van der Waals surface area (Å²) in [5.74, 6) is -1.62. The molecule has 0 unspecified atom stereocenters. The van der Waals surface area contributed by atoms with Crippen molar-refractivity contribution in [2.75, 3.05) is 6.54 Å². The van der Waals surface area contributed by atoms with Gasteiger partial charge in [0, 0.05) is 6.54 Å². The molecule has 0 aromatic heterocycles. The van der Waals surface area contributed by atoms with Gasteiger partial charge in [0.1, 0.15) is 0 Å². The lowest BCUT2D eigenvalue weighted by atomic mass is 9.91. The average Bonchev–Trinajstić information content (AvgIpc) is 1.95. The van der Waals surface area contributed by atoms with E-state index in [4.69, 9.17) is 5.73 Å². The van der Waals surface area contributed by atoms with E-state index in [1.807, 2.05) is 0 Å². The first-order valence-electron chi connectivity index (χ1n) is 4.40. The molecule has 4 heteroatoms. The summed E-state index contributed by atoms with van der Waals surface area (Å²) in [7, 11) is 0. The molecule has 13 heavy (non-hydrogen) atoms. The van der Waals surface area contributed by atoms with Gasteiger partial charge in [-0.05, 0) is 18.3 Å². The number of nitrogens with two attached hydrogens (primary N) is 1. The zero-order chi connectivity index (χ0) is 10.5. The van der Waals surface area contributed by atoms with Gasteiger partial charge >= 0.3 is 11.8 Å². The summed E-state index contributed by atoms with van der Waals surface area (Å²) in [6.07, 6.45) is 1.87. The molecule has 0 heterocycles. The smallest absolute Gasteiger partial charge is 0.309 e. The third kappa shape index (κ3) is 7.31. The van der Waals surface area contributed by atoms with Gasteiger partial charge in [-0.3, -0.25) is 9.59 Å². The molecule has 2 amide bonds. The molecule has 0 saturated carbocycles. The Labute approximate surface area is 78.9 Å². The van der Waals surface area contributed by atoms with Gasteiger partial charge < -0.3 is 11.1 Å². The van der Waals surface area contributed by atoms with E-state index in [9.17, 15) is 9.59 Å². The van der Waals surface area contributed by atoms with Crippen LogP contribution in [0, 0.1) is 5.41 Å². The van der Waals surface area contributed by atoms with E-state index in [2.05, 4.69) is 26.1 Å². The Morgan fingerprint density at radius 3 is 2.23 bits per heavy atom. The minimum absolute atomic E-state index is 0.261. The van der Waals surface area contributed by atoms with Crippen molar-refractivity contribution in [2.45, 2.75) is 33.6 Å². The SMILES string of the molecule is CC(C)(C)CCCNC(=O)C(N)=O. The standard InChI is InChI=1S/C9H18N2O2/c1-9(2,3)5-4-6-11-8(13)7(10)12/h4-6H2,1-3H3,(H2,10,12)(H,11,13). The topological polar surface area (TPSA) is 72.2 Å². The Balaban J connectivity index is 3.47. The monoisotopic (exact) mass is 186 g/mol. The number of hydrogen-bond donors (Lipinski definition) is 2. The molecule has 0 spiro atoms. The Morgan fingerprint density at radius 2 is 1.85 bits per heavy atom. The van der Waals surface area contributed by atoms with Crippen molar-refractivity contribution in [3.63, 3.8) is 0 Å². The predicted molar refractivity (Wildman–Crippen MR) is 50.9 cm³/mol. The van der Waals surface area contributed by atoms with Gasteiger partial charge in [0.25, 0.3) is 0 Å². The van der Waals surface area contributed by atoms with E-state index in [1.165, 1.54) is 0 Å². The highest BCUT2D eigenvalue weighted by molar-refractivity contribution is 6.34. The molecule has 0 aliphatic carbocycles. The first kappa shape index (κ1) is 11.9. The molecular weight excluding hydrogens is 168 g/mol. The molecule has 0 aliphatic heterocycles. The second-order valence-electron chi connectivity index (χ2n) is 4.28. The molecule has 0 rings (SSSR count). The number of rotatable bonds is 3. The summed E-state index contributed by atoms with van der Waals surface area (Å²) in [5, 5.41) is 2.44. The van der Waals surface area contributed by atoms with E-state index in [0.29, 0.717) is 6.54 Å². The maximum Gasteiger partial charge on any atom is 0.309 e. The summed E-state index contributed by atoms with van der Waals surface area (Å²) in [6, 6.07) is 0. The maximum atomic E-state index is 10.7. The molecule has 0 aromatic rings. The number of nitrogens with one attached hydrogen (secondary N) is 1. The zero-order valence-corrected chi connectivity index (χ0v) is 8.52. The van der Waals surface area contributed by atoms with Crippen LogP contribution in [0.2, 0.25) is 0 Å². The number of amides is 2. The van der Waals surface area contributed by atoms with Crippen LogP contribution in [-0.2, 0) is 9.59 Å². The molecule has 0 bridgehead atoms. The van der Waals surface area contributed by atoms with Crippen LogP contribution in [0.5, 0.6) is 0 Å². The first-order chi connectivity index (χ1) is 5.83. The minimum atomic E-state index is -0.921. The van der Waals surface area contributed by atoms with E-state index in [0.717, 1.165) is 12.8 Å². The highest BCUT2D eigenvalue weighted by Gasteiger charge is 2.10. The molecule has 0 radical (unpaired) electrons. The van der Waals surface area contributed by atoms with Crippen LogP contribution >= 0.6 is 0 Å². The van der Waals surface area contributed by atoms with E-state index < -0.39 is 11.8 Å². The van der Waals surface area contributed by atoms with Gasteiger partial charge in [-0.25, -0.2) is 0 Å². The Hall–Kier alpha value is -1.06. The summed E-state index contributed by atoms with van der Waals surface area (Å²) >= 11 is 0. The van der Waals surface area contributed by atoms with Crippen LogP contribution in [0.25, 0.3) is 0 Å². The quantitative estimate of drug-likeness (QED) is 0.495. The van der Waals surface area contributed by atoms with Crippen LogP contribution in [0.3, 0.4) is 0 Å². The molecule has 4 nitrogen and oxygen atoms in total. The van der Waals surface area contributed by atoms with Gasteiger partial charge in [-0.1, -0.05) is 20.8 Å². The number of carbonyl (C=O) groups excluding carboxylic acids is 2. The number of primary amides is 1. The van der Waals surface area contributed by atoms with Crippen molar-refractivity contribution in [1.82, 2.24) is 5.32 Å². The molecule has 0 aromatic carbocycles.